The average Bonchev–Trinajstić information content (AvgIpc) is 3.10. The predicted molar refractivity (Wildman–Crippen MR) is 141 cm³/mol. The molecule has 3 amide bonds. The topological polar surface area (TPSA) is 92.2 Å². The largest absolute Gasteiger partial charge is 0.328 e. The van der Waals surface area contributed by atoms with Gasteiger partial charge in [-0.2, -0.15) is 0 Å². The minimum atomic E-state index is -0.958. The molecule has 0 bridgehead atoms. The summed E-state index contributed by atoms with van der Waals surface area (Å²) in [5, 5.41) is 6.59. The number of nitrogens with one attached hydrogen (secondary N) is 3. The Morgan fingerprint density at radius 3 is 2.15 bits per heavy atom. The molecular formula is C23H14Br2Cl2N4O3. The van der Waals surface area contributed by atoms with Crippen LogP contribution >= 0.6 is 55.1 Å². The zero-order valence-electron chi connectivity index (χ0n) is 17.0. The fourth-order valence-corrected chi connectivity index (χ4v) is 4.51. The third-order valence-corrected chi connectivity index (χ3v) is 6.04. The first-order valence-electron chi connectivity index (χ1n) is 9.66. The Kier molecular flexibility index (Phi) is 7.27. The lowest BCUT2D eigenvalue weighted by Gasteiger charge is -2.13. The van der Waals surface area contributed by atoms with Crippen molar-refractivity contribution in [3.63, 3.8) is 0 Å². The minimum absolute atomic E-state index is 0.0906. The number of benzene rings is 3. The maximum Gasteiger partial charge on any atom is 0.328 e. The number of carbonyl (C=O) groups excluding carboxylic acids is 3. The summed E-state index contributed by atoms with van der Waals surface area (Å²) < 4.78 is 2.78. The van der Waals surface area contributed by atoms with E-state index in [1.54, 1.807) is 60.7 Å². The van der Waals surface area contributed by atoms with Gasteiger partial charge in [-0.05, 0) is 60.7 Å². The second kappa shape index (κ2) is 10.2. The zero-order chi connectivity index (χ0) is 24.4. The van der Waals surface area contributed by atoms with E-state index in [0.717, 1.165) is 8.95 Å². The third-order valence-electron chi connectivity index (χ3n) is 4.62. The van der Waals surface area contributed by atoms with Gasteiger partial charge in [0.1, 0.15) is 5.69 Å². The van der Waals surface area contributed by atoms with Crippen LogP contribution in [0.3, 0.4) is 0 Å². The fraction of sp³-hybridized carbons (Fsp3) is 0. The van der Waals surface area contributed by atoms with Gasteiger partial charge in [0.15, 0.2) is 0 Å². The van der Waals surface area contributed by atoms with E-state index in [1.165, 1.54) is 10.7 Å². The second-order valence-electron chi connectivity index (χ2n) is 7.09. The molecule has 0 aliphatic carbocycles. The van der Waals surface area contributed by atoms with Crippen LogP contribution in [0.15, 0.2) is 75.7 Å². The molecule has 0 aliphatic heterocycles. The summed E-state index contributed by atoms with van der Waals surface area (Å²) in [4.78, 5) is 38.3. The number of hydrogen-bond acceptors (Lipinski definition) is 3. The molecule has 1 aromatic heterocycles. The number of aromatic nitrogens is 1. The number of rotatable bonds is 4. The Hall–Kier alpha value is -2.85. The van der Waals surface area contributed by atoms with Crippen molar-refractivity contribution in [2.24, 2.45) is 0 Å². The van der Waals surface area contributed by atoms with Gasteiger partial charge in [-0.15, -0.1) is 0 Å². The summed E-state index contributed by atoms with van der Waals surface area (Å²) in [7, 11) is 0. The molecule has 1 heterocycles. The molecule has 0 radical (unpaired) electrons. The molecule has 0 atom stereocenters. The summed E-state index contributed by atoms with van der Waals surface area (Å²) in [5.74, 6) is -2.40. The maximum atomic E-state index is 13.1. The minimum Gasteiger partial charge on any atom is -0.321 e. The molecule has 3 N–H and O–H groups in total. The molecule has 0 fully saturated rings. The summed E-state index contributed by atoms with van der Waals surface area (Å²) in [6, 6.07) is 18.3. The van der Waals surface area contributed by atoms with Gasteiger partial charge < -0.3 is 10.6 Å². The number of fused-ring (bicyclic) bond motifs is 1. The zero-order valence-corrected chi connectivity index (χ0v) is 21.7. The van der Waals surface area contributed by atoms with Crippen LogP contribution in [0.2, 0.25) is 10.0 Å². The van der Waals surface area contributed by atoms with Crippen LogP contribution in [0.5, 0.6) is 0 Å². The van der Waals surface area contributed by atoms with E-state index in [1.807, 2.05) is 0 Å². The molecule has 172 valence electrons. The molecule has 0 spiro atoms. The lowest BCUT2D eigenvalue weighted by Crippen LogP contribution is -2.36. The summed E-state index contributed by atoms with van der Waals surface area (Å²) in [6.07, 6.45) is 0. The Balaban J connectivity index is 1.64. The van der Waals surface area contributed by atoms with E-state index in [9.17, 15) is 14.4 Å². The SMILES string of the molecule is O=C(Nc1cccc(Br)c1)C(=O)Nn1c(C(=O)Nc2cc(Cl)cc(Cl)c2)cc2cc(Br)ccc21. The van der Waals surface area contributed by atoms with Gasteiger partial charge in [0.05, 0.1) is 5.52 Å². The first-order valence-corrected chi connectivity index (χ1v) is 12.0. The standard InChI is InChI=1S/C23H14Br2Cl2N4O3/c24-13-2-1-3-17(8-13)28-22(33)23(34)30-31-19-5-4-14(25)6-12(19)7-20(31)21(32)29-18-10-15(26)9-16(27)11-18/h1-11H,(H,28,33)(H,29,32)(H,30,34). The smallest absolute Gasteiger partial charge is 0.321 e. The fourth-order valence-electron chi connectivity index (χ4n) is 3.20. The number of hydrogen-bond donors (Lipinski definition) is 3. The number of nitrogens with zero attached hydrogens (tertiary/aromatic N) is 1. The highest BCUT2D eigenvalue weighted by molar-refractivity contribution is 9.10. The van der Waals surface area contributed by atoms with Crippen LogP contribution < -0.4 is 16.1 Å². The second-order valence-corrected chi connectivity index (χ2v) is 9.79. The Morgan fingerprint density at radius 2 is 1.44 bits per heavy atom. The van der Waals surface area contributed by atoms with Crippen molar-refractivity contribution in [3.05, 3.63) is 91.4 Å². The highest BCUT2D eigenvalue weighted by atomic mass is 79.9. The summed E-state index contributed by atoms with van der Waals surface area (Å²) in [6.45, 7) is 0. The average molecular weight is 625 g/mol. The van der Waals surface area contributed by atoms with Crippen molar-refractivity contribution in [1.29, 1.82) is 0 Å². The molecule has 0 aliphatic rings. The summed E-state index contributed by atoms with van der Waals surface area (Å²) >= 11 is 18.8. The van der Waals surface area contributed by atoms with Crippen molar-refractivity contribution < 1.29 is 14.4 Å². The van der Waals surface area contributed by atoms with Gasteiger partial charge >= 0.3 is 11.8 Å². The van der Waals surface area contributed by atoms with Crippen LogP contribution in [-0.4, -0.2) is 22.4 Å². The quantitative estimate of drug-likeness (QED) is 0.228. The molecule has 0 unspecified atom stereocenters. The molecular weight excluding hydrogens is 611 g/mol. The summed E-state index contributed by atoms with van der Waals surface area (Å²) in [5.41, 5.74) is 3.92. The van der Waals surface area contributed by atoms with Crippen molar-refractivity contribution in [2.75, 3.05) is 16.1 Å². The number of amides is 3. The molecule has 0 saturated carbocycles. The van der Waals surface area contributed by atoms with E-state index < -0.39 is 17.7 Å². The van der Waals surface area contributed by atoms with Gasteiger partial charge in [-0.3, -0.25) is 19.8 Å². The highest BCUT2D eigenvalue weighted by Gasteiger charge is 2.21. The van der Waals surface area contributed by atoms with E-state index in [0.29, 0.717) is 32.3 Å². The van der Waals surface area contributed by atoms with E-state index in [4.69, 9.17) is 23.2 Å². The molecule has 34 heavy (non-hydrogen) atoms. The predicted octanol–water partition coefficient (Wildman–Crippen LogP) is 6.43. The first kappa shape index (κ1) is 24.3. The molecule has 4 rings (SSSR count). The number of carbonyl (C=O) groups is 3. The number of anilines is 2. The lowest BCUT2D eigenvalue weighted by molar-refractivity contribution is -0.133. The molecule has 7 nitrogen and oxygen atoms in total. The van der Waals surface area contributed by atoms with Gasteiger partial charge in [0.25, 0.3) is 5.91 Å². The van der Waals surface area contributed by atoms with Crippen molar-refractivity contribution in [3.8, 4) is 0 Å². The Labute approximate surface area is 220 Å². The van der Waals surface area contributed by atoms with Gasteiger partial charge in [-0.1, -0.05) is 61.1 Å². The van der Waals surface area contributed by atoms with E-state index in [-0.39, 0.29) is 5.69 Å². The first-order chi connectivity index (χ1) is 16.2. The van der Waals surface area contributed by atoms with Crippen molar-refractivity contribution in [1.82, 2.24) is 4.68 Å². The van der Waals surface area contributed by atoms with Crippen molar-refractivity contribution in [2.45, 2.75) is 0 Å². The molecule has 11 heteroatoms. The highest BCUT2D eigenvalue weighted by Crippen LogP contribution is 2.26. The molecule has 0 saturated heterocycles. The van der Waals surface area contributed by atoms with Crippen LogP contribution in [-0.2, 0) is 9.59 Å². The van der Waals surface area contributed by atoms with E-state index >= 15 is 0 Å². The van der Waals surface area contributed by atoms with Crippen molar-refractivity contribution >= 4 is 95.1 Å². The van der Waals surface area contributed by atoms with Gasteiger partial charge in [0.2, 0.25) is 0 Å². The lowest BCUT2D eigenvalue weighted by atomic mass is 10.2. The molecule has 4 aromatic rings. The third kappa shape index (κ3) is 5.61. The maximum absolute atomic E-state index is 13.1. The monoisotopic (exact) mass is 622 g/mol. The van der Waals surface area contributed by atoms with Gasteiger partial charge in [-0.25, -0.2) is 4.68 Å². The normalized spacial score (nSPS) is 10.7. The van der Waals surface area contributed by atoms with Crippen LogP contribution in [0, 0.1) is 0 Å². The Morgan fingerprint density at radius 1 is 0.735 bits per heavy atom. The van der Waals surface area contributed by atoms with E-state index in [2.05, 4.69) is 47.9 Å². The van der Waals surface area contributed by atoms with Crippen LogP contribution in [0.25, 0.3) is 10.9 Å². The van der Waals surface area contributed by atoms with Gasteiger partial charge in [0, 0.05) is 35.8 Å². The van der Waals surface area contributed by atoms with Crippen LogP contribution in [0.4, 0.5) is 11.4 Å². The molecule has 3 aromatic carbocycles. The Bertz CT molecular complexity index is 1440. The number of halogens is 4. The van der Waals surface area contributed by atoms with Crippen LogP contribution in [0.1, 0.15) is 10.5 Å².